The summed E-state index contributed by atoms with van der Waals surface area (Å²) in [5, 5.41) is 3.36. The zero-order valence-corrected chi connectivity index (χ0v) is 12.9. The molecular formula is C15H30N2O2. The molecule has 1 saturated carbocycles. The third-order valence-corrected chi connectivity index (χ3v) is 4.23. The van der Waals surface area contributed by atoms with Crippen molar-refractivity contribution in [2.24, 2.45) is 5.73 Å². The van der Waals surface area contributed by atoms with Gasteiger partial charge in [0.05, 0.1) is 11.7 Å². The van der Waals surface area contributed by atoms with E-state index in [0.29, 0.717) is 6.42 Å². The van der Waals surface area contributed by atoms with E-state index in [1.54, 1.807) is 0 Å². The fourth-order valence-electron chi connectivity index (χ4n) is 2.70. The molecule has 0 aromatic rings. The van der Waals surface area contributed by atoms with Crippen molar-refractivity contribution in [3.8, 4) is 0 Å². The van der Waals surface area contributed by atoms with Gasteiger partial charge in [0.2, 0.25) is 5.91 Å². The Morgan fingerprint density at radius 3 is 2.68 bits per heavy atom. The molecule has 1 rings (SSSR count). The second-order valence-corrected chi connectivity index (χ2v) is 6.32. The number of carbonyl (C=O) groups excluding carboxylic acids is 1. The molecule has 0 aliphatic heterocycles. The van der Waals surface area contributed by atoms with E-state index in [0.717, 1.165) is 38.6 Å². The molecular weight excluding hydrogens is 240 g/mol. The Morgan fingerprint density at radius 2 is 2.16 bits per heavy atom. The fourth-order valence-corrected chi connectivity index (χ4v) is 2.70. The largest absolute Gasteiger partial charge is 0.372 e. The highest BCUT2D eigenvalue weighted by Gasteiger charge is 2.42. The van der Waals surface area contributed by atoms with Crippen molar-refractivity contribution in [2.45, 2.75) is 83.5 Å². The summed E-state index contributed by atoms with van der Waals surface area (Å²) in [5.74, 6) is -0.233. The summed E-state index contributed by atoms with van der Waals surface area (Å²) in [6.07, 6.45) is 5.63. The molecule has 1 fully saturated rings. The van der Waals surface area contributed by atoms with Gasteiger partial charge in [-0.3, -0.25) is 4.79 Å². The minimum Gasteiger partial charge on any atom is -0.372 e. The number of ether oxygens (including phenoxy) is 1. The van der Waals surface area contributed by atoms with Crippen LogP contribution in [0.25, 0.3) is 0 Å². The standard InChI is InChI=1S/C15H30N2O2/c1-5-10-17-15(13(16)18)9-7-8-12(11-15)19-14(3,4)6-2/h12,17H,5-11H2,1-4H3,(H2,16,18). The van der Waals surface area contributed by atoms with Gasteiger partial charge in [-0.1, -0.05) is 13.8 Å². The first kappa shape index (κ1) is 16.4. The van der Waals surface area contributed by atoms with E-state index < -0.39 is 5.54 Å². The van der Waals surface area contributed by atoms with Gasteiger partial charge in [-0.25, -0.2) is 0 Å². The minimum atomic E-state index is -0.567. The van der Waals surface area contributed by atoms with E-state index in [4.69, 9.17) is 10.5 Å². The monoisotopic (exact) mass is 270 g/mol. The van der Waals surface area contributed by atoms with Gasteiger partial charge in [0.25, 0.3) is 0 Å². The molecule has 1 aliphatic rings. The summed E-state index contributed by atoms with van der Waals surface area (Å²) in [6, 6.07) is 0. The van der Waals surface area contributed by atoms with Gasteiger partial charge in [-0.2, -0.15) is 0 Å². The van der Waals surface area contributed by atoms with Gasteiger partial charge in [-0.15, -0.1) is 0 Å². The predicted octanol–water partition coefficient (Wildman–Crippen LogP) is 2.36. The molecule has 0 aromatic heterocycles. The smallest absolute Gasteiger partial charge is 0.237 e. The van der Waals surface area contributed by atoms with Crippen molar-refractivity contribution in [1.29, 1.82) is 0 Å². The van der Waals surface area contributed by atoms with E-state index in [2.05, 4.69) is 33.0 Å². The lowest BCUT2D eigenvalue weighted by atomic mass is 9.79. The molecule has 19 heavy (non-hydrogen) atoms. The van der Waals surface area contributed by atoms with E-state index in [-0.39, 0.29) is 17.6 Å². The number of nitrogens with two attached hydrogens (primary N) is 1. The lowest BCUT2D eigenvalue weighted by Gasteiger charge is -2.41. The minimum absolute atomic E-state index is 0.126. The first-order valence-electron chi connectivity index (χ1n) is 7.58. The number of hydrogen-bond acceptors (Lipinski definition) is 3. The Kier molecular flexibility index (Phi) is 5.81. The van der Waals surface area contributed by atoms with Crippen molar-refractivity contribution in [1.82, 2.24) is 5.32 Å². The molecule has 0 spiro atoms. The maximum absolute atomic E-state index is 11.9. The third kappa shape index (κ3) is 4.46. The zero-order valence-electron chi connectivity index (χ0n) is 12.9. The predicted molar refractivity (Wildman–Crippen MR) is 77.9 cm³/mol. The highest BCUT2D eigenvalue weighted by Crippen LogP contribution is 2.33. The van der Waals surface area contributed by atoms with Crippen LogP contribution in [0, 0.1) is 0 Å². The van der Waals surface area contributed by atoms with Crippen LogP contribution in [0.2, 0.25) is 0 Å². The summed E-state index contributed by atoms with van der Waals surface area (Å²) >= 11 is 0. The molecule has 0 bridgehead atoms. The highest BCUT2D eigenvalue weighted by molar-refractivity contribution is 5.84. The second-order valence-electron chi connectivity index (χ2n) is 6.32. The summed E-state index contributed by atoms with van der Waals surface area (Å²) in [5.41, 5.74) is 4.95. The van der Waals surface area contributed by atoms with Crippen molar-refractivity contribution in [2.75, 3.05) is 6.54 Å². The Hall–Kier alpha value is -0.610. The molecule has 1 aliphatic carbocycles. The quantitative estimate of drug-likeness (QED) is 0.746. The Labute approximate surface area is 117 Å². The highest BCUT2D eigenvalue weighted by atomic mass is 16.5. The maximum Gasteiger partial charge on any atom is 0.237 e. The number of amides is 1. The summed E-state index contributed by atoms with van der Waals surface area (Å²) in [4.78, 5) is 11.9. The van der Waals surface area contributed by atoms with Gasteiger partial charge in [0, 0.05) is 6.42 Å². The summed E-state index contributed by atoms with van der Waals surface area (Å²) in [6.45, 7) is 9.26. The number of carbonyl (C=O) groups is 1. The van der Waals surface area contributed by atoms with Crippen LogP contribution in [0.3, 0.4) is 0 Å². The summed E-state index contributed by atoms with van der Waals surface area (Å²) in [7, 11) is 0. The number of hydrogen-bond donors (Lipinski definition) is 2. The molecule has 0 saturated heterocycles. The van der Waals surface area contributed by atoms with Gasteiger partial charge in [0.1, 0.15) is 5.54 Å². The SMILES string of the molecule is CCCNC1(C(N)=O)CCCC(OC(C)(C)CC)C1. The molecule has 3 N–H and O–H groups in total. The van der Waals surface area contributed by atoms with Gasteiger partial charge in [0.15, 0.2) is 0 Å². The number of rotatable bonds is 7. The maximum atomic E-state index is 11.9. The lowest BCUT2D eigenvalue weighted by molar-refractivity contribution is -0.134. The second kappa shape index (κ2) is 6.71. The van der Waals surface area contributed by atoms with Crippen LogP contribution in [0.4, 0.5) is 0 Å². The normalized spacial score (nSPS) is 28.3. The van der Waals surface area contributed by atoms with Crippen LogP contribution in [-0.2, 0) is 9.53 Å². The number of primary amides is 1. The van der Waals surface area contributed by atoms with Crippen molar-refractivity contribution < 1.29 is 9.53 Å². The zero-order chi connectivity index (χ0) is 14.5. The first-order chi connectivity index (χ1) is 8.85. The first-order valence-corrected chi connectivity index (χ1v) is 7.58. The van der Waals surface area contributed by atoms with Crippen molar-refractivity contribution in [3.63, 3.8) is 0 Å². The average Bonchev–Trinajstić information content (AvgIpc) is 2.36. The molecule has 2 atom stereocenters. The molecule has 4 nitrogen and oxygen atoms in total. The van der Waals surface area contributed by atoms with Gasteiger partial charge in [-0.05, 0) is 52.5 Å². The lowest BCUT2D eigenvalue weighted by Crippen LogP contribution is -2.59. The van der Waals surface area contributed by atoms with Crippen LogP contribution in [0.1, 0.15) is 66.2 Å². The Morgan fingerprint density at radius 1 is 1.47 bits per heavy atom. The van der Waals surface area contributed by atoms with E-state index >= 15 is 0 Å². The van der Waals surface area contributed by atoms with E-state index in [9.17, 15) is 4.79 Å². The Bertz CT molecular complexity index is 305. The van der Waals surface area contributed by atoms with E-state index in [1.165, 1.54) is 0 Å². The van der Waals surface area contributed by atoms with Crippen molar-refractivity contribution >= 4 is 5.91 Å². The van der Waals surface area contributed by atoms with Crippen LogP contribution in [-0.4, -0.2) is 29.7 Å². The van der Waals surface area contributed by atoms with Crippen LogP contribution in [0.5, 0.6) is 0 Å². The van der Waals surface area contributed by atoms with Crippen molar-refractivity contribution in [3.05, 3.63) is 0 Å². The molecule has 2 unspecified atom stereocenters. The number of nitrogens with one attached hydrogen (secondary N) is 1. The van der Waals surface area contributed by atoms with Gasteiger partial charge < -0.3 is 15.8 Å². The molecule has 1 amide bonds. The molecule has 0 heterocycles. The average molecular weight is 270 g/mol. The molecule has 0 aromatic carbocycles. The molecule has 4 heteroatoms. The summed E-state index contributed by atoms with van der Waals surface area (Å²) < 4.78 is 6.17. The van der Waals surface area contributed by atoms with Gasteiger partial charge >= 0.3 is 0 Å². The third-order valence-electron chi connectivity index (χ3n) is 4.23. The molecule has 112 valence electrons. The topological polar surface area (TPSA) is 64.3 Å². The Balaban J connectivity index is 2.71. The van der Waals surface area contributed by atoms with Crippen LogP contribution < -0.4 is 11.1 Å². The fraction of sp³-hybridized carbons (Fsp3) is 0.933. The van der Waals surface area contributed by atoms with Crippen LogP contribution in [0.15, 0.2) is 0 Å². The molecule has 0 radical (unpaired) electrons. The van der Waals surface area contributed by atoms with E-state index in [1.807, 2.05) is 0 Å². The van der Waals surface area contributed by atoms with Crippen LogP contribution >= 0.6 is 0 Å².